The molecule has 1 rings (SSSR count). The van der Waals surface area contributed by atoms with Gasteiger partial charge in [0, 0.05) is 0 Å². The fraction of sp³-hybridized carbons (Fsp3) is 0.588. The van der Waals surface area contributed by atoms with Gasteiger partial charge in [0.15, 0.2) is 8.32 Å². The van der Waals surface area contributed by atoms with Gasteiger partial charge in [0.1, 0.15) is 6.04 Å². The fourth-order valence-electron chi connectivity index (χ4n) is 1.96. The molecule has 0 radical (unpaired) electrons. The van der Waals surface area contributed by atoms with Crippen molar-refractivity contribution in [2.45, 2.75) is 57.2 Å². The predicted octanol–water partition coefficient (Wildman–Crippen LogP) is 4.27. The molecule has 0 saturated carbocycles. The Bertz CT molecular complexity index is 595. The van der Waals surface area contributed by atoms with Gasteiger partial charge in [-0.15, -0.1) is 0 Å². The third-order valence-electron chi connectivity index (χ3n) is 4.59. The monoisotopic (exact) mass is 377 g/mol. The molecular weight excluding hydrogens is 351 g/mol. The molecule has 2 atom stereocenters. The number of methoxy groups -OCH3 is 1. The Morgan fingerprint density at radius 2 is 1.60 bits per heavy atom. The van der Waals surface area contributed by atoms with Crippen LogP contribution >= 0.6 is 0 Å². The van der Waals surface area contributed by atoms with Gasteiger partial charge in [-0.2, -0.15) is 13.2 Å². The number of alkyl halides is 3. The van der Waals surface area contributed by atoms with Gasteiger partial charge in [0.05, 0.1) is 18.8 Å². The first-order valence-electron chi connectivity index (χ1n) is 7.89. The van der Waals surface area contributed by atoms with Crippen molar-refractivity contribution in [2.75, 3.05) is 7.11 Å². The van der Waals surface area contributed by atoms with E-state index >= 15 is 0 Å². The van der Waals surface area contributed by atoms with Crippen LogP contribution in [0.4, 0.5) is 13.2 Å². The molecule has 0 bridgehead atoms. The van der Waals surface area contributed by atoms with Crippen molar-refractivity contribution < 1.29 is 27.1 Å². The summed E-state index contributed by atoms with van der Waals surface area (Å²) in [6, 6.07) is 3.38. The topological polar surface area (TPSA) is 61.5 Å². The van der Waals surface area contributed by atoms with E-state index in [0.717, 1.165) is 12.1 Å². The van der Waals surface area contributed by atoms with Gasteiger partial charge in [-0.05, 0) is 35.8 Å². The van der Waals surface area contributed by atoms with Crippen LogP contribution in [-0.2, 0) is 20.1 Å². The molecule has 1 aromatic carbocycles. The average Bonchev–Trinajstić information content (AvgIpc) is 2.49. The molecule has 0 spiro atoms. The standard InChI is InChI=1S/C17H26F3NO3Si/c1-16(2,3)25(5,6)24-14(13(21)15(22)23-4)11-7-9-12(10-8-11)17(18,19)20/h7-10,13-14H,21H2,1-6H3/t13-,14-/m0/s1. The lowest BCUT2D eigenvalue weighted by Crippen LogP contribution is -2.48. The van der Waals surface area contributed by atoms with E-state index in [-0.39, 0.29) is 5.04 Å². The number of carbonyl (C=O) groups is 1. The molecule has 0 amide bonds. The number of ether oxygens (including phenoxy) is 1. The second-order valence-corrected chi connectivity index (χ2v) is 12.2. The summed E-state index contributed by atoms with van der Waals surface area (Å²) >= 11 is 0. The van der Waals surface area contributed by atoms with Crippen LogP contribution in [-0.4, -0.2) is 27.4 Å². The Hall–Kier alpha value is -1.38. The summed E-state index contributed by atoms with van der Waals surface area (Å²) in [7, 11) is -1.13. The second kappa shape index (κ2) is 7.47. The molecular formula is C17H26F3NO3Si. The molecule has 4 nitrogen and oxygen atoms in total. The van der Waals surface area contributed by atoms with Crippen molar-refractivity contribution in [3.63, 3.8) is 0 Å². The molecule has 25 heavy (non-hydrogen) atoms. The predicted molar refractivity (Wildman–Crippen MR) is 92.5 cm³/mol. The van der Waals surface area contributed by atoms with Crippen LogP contribution in [0.3, 0.4) is 0 Å². The largest absolute Gasteiger partial charge is 0.468 e. The zero-order valence-corrected chi connectivity index (χ0v) is 16.4. The smallest absolute Gasteiger partial charge is 0.416 e. The summed E-state index contributed by atoms with van der Waals surface area (Å²) in [5.74, 6) is -0.677. The van der Waals surface area contributed by atoms with E-state index in [1.165, 1.54) is 19.2 Å². The number of rotatable bonds is 5. The van der Waals surface area contributed by atoms with Crippen molar-refractivity contribution in [1.29, 1.82) is 0 Å². The lowest BCUT2D eigenvalue weighted by Gasteiger charge is -2.40. The van der Waals surface area contributed by atoms with E-state index in [4.69, 9.17) is 10.2 Å². The molecule has 142 valence electrons. The van der Waals surface area contributed by atoms with E-state index in [1.54, 1.807) is 0 Å². The van der Waals surface area contributed by atoms with Gasteiger partial charge in [-0.3, -0.25) is 4.79 Å². The summed E-state index contributed by atoms with van der Waals surface area (Å²) in [6.07, 6.45) is -5.31. The minimum absolute atomic E-state index is 0.160. The normalized spacial score (nSPS) is 15.6. The zero-order chi connectivity index (χ0) is 19.6. The van der Waals surface area contributed by atoms with Crippen LogP contribution in [0.2, 0.25) is 18.1 Å². The first kappa shape index (κ1) is 21.7. The Morgan fingerprint density at radius 3 is 1.96 bits per heavy atom. The van der Waals surface area contributed by atoms with E-state index in [1.807, 2.05) is 33.9 Å². The molecule has 1 aromatic rings. The van der Waals surface area contributed by atoms with Crippen LogP contribution < -0.4 is 5.73 Å². The molecule has 0 heterocycles. The molecule has 8 heteroatoms. The number of nitrogens with two attached hydrogens (primary N) is 1. The number of benzene rings is 1. The summed E-state index contributed by atoms with van der Waals surface area (Å²) < 4.78 is 49.2. The summed E-state index contributed by atoms with van der Waals surface area (Å²) in [6.45, 7) is 10.0. The summed E-state index contributed by atoms with van der Waals surface area (Å²) in [5, 5.41) is -0.160. The Labute approximate surface area is 147 Å². The fourth-order valence-corrected chi connectivity index (χ4v) is 3.24. The van der Waals surface area contributed by atoms with E-state index in [0.29, 0.717) is 5.56 Å². The maximum atomic E-state index is 12.8. The Balaban J connectivity index is 3.26. The highest BCUT2D eigenvalue weighted by Gasteiger charge is 2.42. The molecule has 0 aliphatic rings. The van der Waals surface area contributed by atoms with Crippen molar-refractivity contribution in [2.24, 2.45) is 5.73 Å². The van der Waals surface area contributed by atoms with Crippen LogP contribution in [0.15, 0.2) is 24.3 Å². The van der Waals surface area contributed by atoms with Gasteiger partial charge >= 0.3 is 12.1 Å². The first-order chi connectivity index (χ1) is 11.2. The third kappa shape index (κ3) is 5.29. The summed E-state index contributed by atoms with van der Waals surface area (Å²) in [5.41, 5.74) is 5.62. The van der Waals surface area contributed by atoms with Crippen molar-refractivity contribution in [3.8, 4) is 0 Å². The quantitative estimate of drug-likeness (QED) is 0.615. The van der Waals surface area contributed by atoms with Crippen molar-refractivity contribution >= 4 is 14.3 Å². The molecule has 0 fully saturated rings. The third-order valence-corrected chi connectivity index (χ3v) is 9.05. The van der Waals surface area contributed by atoms with Crippen molar-refractivity contribution in [1.82, 2.24) is 0 Å². The van der Waals surface area contributed by atoms with Crippen LogP contribution in [0.5, 0.6) is 0 Å². The number of hydrogen-bond donors (Lipinski definition) is 1. The maximum Gasteiger partial charge on any atom is 0.416 e. The van der Waals surface area contributed by atoms with Crippen LogP contribution in [0, 0.1) is 0 Å². The zero-order valence-electron chi connectivity index (χ0n) is 15.4. The van der Waals surface area contributed by atoms with Gasteiger partial charge in [-0.1, -0.05) is 32.9 Å². The lowest BCUT2D eigenvalue weighted by molar-refractivity contribution is -0.145. The Morgan fingerprint density at radius 1 is 1.12 bits per heavy atom. The highest BCUT2D eigenvalue weighted by atomic mass is 28.4. The molecule has 0 unspecified atom stereocenters. The lowest BCUT2D eigenvalue weighted by atomic mass is 10.0. The van der Waals surface area contributed by atoms with Crippen LogP contribution in [0.1, 0.15) is 38.0 Å². The number of hydrogen-bond acceptors (Lipinski definition) is 4. The second-order valence-electron chi connectivity index (χ2n) is 7.47. The molecule has 0 aliphatic heterocycles. The maximum absolute atomic E-state index is 12.8. The first-order valence-corrected chi connectivity index (χ1v) is 10.8. The average molecular weight is 377 g/mol. The summed E-state index contributed by atoms with van der Waals surface area (Å²) in [4.78, 5) is 11.9. The van der Waals surface area contributed by atoms with E-state index in [9.17, 15) is 18.0 Å². The highest BCUT2D eigenvalue weighted by molar-refractivity contribution is 6.74. The SMILES string of the molecule is COC(=O)[C@@H](N)[C@@H](O[Si](C)(C)C(C)(C)C)c1ccc(C(F)(F)F)cc1. The van der Waals surface area contributed by atoms with Gasteiger partial charge in [0.2, 0.25) is 0 Å². The van der Waals surface area contributed by atoms with E-state index in [2.05, 4.69) is 4.74 Å². The minimum atomic E-state index is -4.43. The van der Waals surface area contributed by atoms with Crippen LogP contribution in [0.25, 0.3) is 0 Å². The molecule has 0 aliphatic carbocycles. The highest BCUT2D eigenvalue weighted by Crippen LogP contribution is 2.41. The molecule has 0 aromatic heterocycles. The molecule has 2 N–H and O–H groups in total. The minimum Gasteiger partial charge on any atom is -0.468 e. The van der Waals surface area contributed by atoms with Gasteiger partial charge in [-0.25, -0.2) is 0 Å². The Kier molecular flexibility index (Phi) is 6.47. The van der Waals surface area contributed by atoms with Gasteiger partial charge in [0.25, 0.3) is 0 Å². The van der Waals surface area contributed by atoms with E-state index < -0.39 is 38.2 Å². The number of carbonyl (C=O) groups excluding carboxylic acids is 1. The van der Waals surface area contributed by atoms with Crippen molar-refractivity contribution in [3.05, 3.63) is 35.4 Å². The van der Waals surface area contributed by atoms with Gasteiger partial charge < -0.3 is 14.9 Å². The molecule has 0 saturated heterocycles. The number of halogens is 3. The number of esters is 1.